The molecule has 0 radical (unpaired) electrons. The molecule has 0 spiro atoms. The first-order valence-electron chi connectivity index (χ1n) is 3.78. The van der Waals surface area contributed by atoms with Gasteiger partial charge in [-0.15, -0.1) is 0 Å². The van der Waals surface area contributed by atoms with E-state index in [9.17, 15) is 0 Å². The zero-order valence-corrected chi connectivity index (χ0v) is 7.58. The first kappa shape index (κ1) is 8.43. The standard InChI is InChI=1S/C8H8N2O2S/c13-8-9-11-6-12-10(8)7-4-2-1-3-5-7/h1-5H,6H2,(H,9,13). The summed E-state index contributed by atoms with van der Waals surface area (Å²) in [6.07, 6.45) is 0. The summed E-state index contributed by atoms with van der Waals surface area (Å²) in [7, 11) is 0. The first-order valence-corrected chi connectivity index (χ1v) is 4.18. The lowest BCUT2D eigenvalue weighted by Gasteiger charge is -2.28. The Hall–Kier alpha value is -1.17. The molecule has 1 aliphatic rings. The third kappa shape index (κ3) is 1.77. The Bertz CT molecular complexity index is 304. The van der Waals surface area contributed by atoms with Gasteiger partial charge in [0.1, 0.15) is 0 Å². The van der Waals surface area contributed by atoms with Crippen LogP contribution < -0.4 is 10.5 Å². The predicted octanol–water partition coefficient (Wildman–Crippen LogP) is 1.20. The van der Waals surface area contributed by atoms with E-state index in [0.29, 0.717) is 5.11 Å². The summed E-state index contributed by atoms with van der Waals surface area (Å²) < 4.78 is 0. The van der Waals surface area contributed by atoms with Gasteiger partial charge in [-0.05, 0) is 24.4 Å². The highest BCUT2D eigenvalue weighted by Crippen LogP contribution is 2.15. The lowest BCUT2D eigenvalue weighted by Crippen LogP contribution is -2.45. The van der Waals surface area contributed by atoms with Gasteiger partial charge in [-0.2, -0.15) is 5.06 Å². The van der Waals surface area contributed by atoms with Crippen molar-refractivity contribution in [3.63, 3.8) is 0 Å². The van der Waals surface area contributed by atoms with Gasteiger partial charge >= 0.3 is 0 Å². The van der Waals surface area contributed by atoms with E-state index in [2.05, 4.69) is 5.48 Å². The molecule has 0 amide bonds. The number of nitrogens with one attached hydrogen (secondary N) is 1. The number of hydroxylamine groups is 2. The van der Waals surface area contributed by atoms with Gasteiger partial charge in [0, 0.05) is 0 Å². The Balaban J connectivity index is 2.20. The summed E-state index contributed by atoms with van der Waals surface area (Å²) in [5, 5.41) is 1.91. The van der Waals surface area contributed by atoms with Crippen LogP contribution in [0.5, 0.6) is 0 Å². The molecule has 0 atom stereocenters. The van der Waals surface area contributed by atoms with Crippen molar-refractivity contribution in [2.75, 3.05) is 11.9 Å². The van der Waals surface area contributed by atoms with Gasteiger partial charge in [0.05, 0.1) is 5.69 Å². The van der Waals surface area contributed by atoms with Crippen LogP contribution >= 0.6 is 12.2 Å². The van der Waals surface area contributed by atoms with Crippen LogP contribution in [-0.2, 0) is 9.68 Å². The molecular formula is C8H8N2O2S. The van der Waals surface area contributed by atoms with Crippen molar-refractivity contribution in [1.82, 2.24) is 5.48 Å². The van der Waals surface area contributed by atoms with Crippen LogP contribution in [0.3, 0.4) is 0 Å². The van der Waals surface area contributed by atoms with Crippen molar-refractivity contribution in [1.29, 1.82) is 0 Å². The highest BCUT2D eigenvalue weighted by Gasteiger charge is 2.16. The average Bonchev–Trinajstić information content (AvgIpc) is 2.20. The number of hydrogen-bond donors (Lipinski definition) is 1. The fraction of sp³-hybridized carbons (Fsp3) is 0.125. The number of hydrogen-bond acceptors (Lipinski definition) is 3. The third-order valence-corrected chi connectivity index (χ3v) is 1.82. The second-order valence-electron chi connectivity index (χ2n) is 2.43. The van der Waals surface area contributed by atoms with E-state index >= 15 is 0 Å². The molecule has 1 fully saturated rings. The predicted molar refractivity (Wildman–Crippen MR) is 51.7 cm³/mol. The van der Waals surface area contributed by atoms with Gasteiger partial charge in [0.2, 0.25) is 5.11 Å². The van der Waals surface area contributed by atoms with E-state index in [4.69, 9.17) is 21.9 Å². The Labute approximate surface area is 81.0 Å². The minimum Gasteiger partial charge on any atom is -0.243 e. The highest BCUT2D eigenvalue weighted by molar-refractivity contribution is 7.80. The normalized spacial score (nSPS) is 16.9. The second kappa shape index (κ2) is 3.69. The van der Waals surface area contributed by atoms with Gasteiger partial charge in [-0.3, -0.25) is 0 Å². The van der Waals surface area contributed by atoms with Crippen molar-refractivity contribution in [3.05, 3.63) is 30.3 Å². The fourth-order valence-corrected chi connectivity index (χ4v) is 1.24. The molecular weight excluding hydrogens is 188 g/mol. The number of rotatable bonds is 1. The molecule has 1 aromatic rings. The zero-order valence-electron chi connectivity index (χ0n) is 6.77. The first-order chi connectivity index (χ1) is 6.38. The van der Waals surface area contributed by atoms with Gasteiger partial charge in [0.15, 0.2) is 6.79 Å². The van der Waals surface area contributed by atoms with E-state index in [1.807, 2.05) is 30.3 Å². The molecule has 1 aliphatic heterocycles. The molecule has 0 bridgehead atoms. The summed E-state index contributed by atoms with van der Waals surface area (Å²) in [6, 6.07) is 9.56. The van der Waals surface area contributed by atoms with Gasteiger partial charge in [-0.1, -0.05) is 18.2 Å². The van der Waals surface area contributed by atoms with Crippen LogP contribution in [0.25, 0.3) is 0 Å². The van der Waals surface area contributed by atoms with Crippen molar-refractivity contribution in [2.45, 2.75) is 0 Å². The minimum atomic E-state index is 0.148. The SMILES string of the molecule is S=C1NOCON1c1ccccc1. The van der Waals surface area contributed by atoms with Gasteiger partial charge < -0.3 is 0 Å². The van der Waals surface area contributed by atoms with Crippen LogP contribution in [0.2, 0.25) is 0 Å². The molecule has 5 heteroatoms. The van der Waals surface area contributed by atoms with Gasteiger partial charge in [0.25, 0.3) is 0 Å². The van der Waals surface area contributed by atoms with E-state index in [0.717, 1.165) is 5.69 Å². The van der Waals surface area contributed by atoms with E-state index < -0.39 is 0 Å². The lowest BCUT2D eigenvalue weighted by molar-refractivity contribution is -0.103. The van der Waals surface area contributed by atoms with Crippen molar-refractivity contribution >= 4 is 23.0 Å². The summed E-state index contributed by atoms with van der Waals surface area (Å²) in [5.41, 5.74) is 3.44. The molecule has 68 valence electrons. The van der Waals surface area contributed by atoms with E-state index in [-0.39, 0.29) is 6.79 Å². The number of anilines is 1. The van der Waals surface area contributed by atoms with E-state index in [1.165, 1.54) is 5.06 Å². The number of thiocarbonyl (C=S) groups is 1. The minimum absolute atomic E-state index is 0.148. The monoisotopic (exact) mass is 196 g/mol. The van der Waals surface area contributed by atoms with Crippen molar-refractivity contribution in [3.8, 4) is 0 Å². The average molecular weight is 196 g/mol. The Morgan fingerprint density at radius 2 is 2.08 bits per heavy atom. The molecule has 13 heavy (non-hydrogen) atoms. The Morgan fingerprint density at radius 1 is 1.31 bits per heavy atom. The maximum absolute atomic E-state index is 5.18. The van der Waals surface area contributed by atoms with Crippen LogP contribution in [0.4, 0.5) is 5.69 Å². The van der Waals surface area contributed by atoms with E-state index in [1.54, 1.807) is 0 Å². The highest BCUT2D eigenvalue weighted by atomic mass is 32.1. The smallest absolute Gasteiger partial charge is 0.222 e. The summed E-state index contributed by atoms with van der Waals surface area (Å²) in [4.78, 5) is 9.96. The molecule has 1 saturated heterocycles. The lowest BCUT2D eigenvalue weighted by atomic mass is 10.3. The van der Waals surface area contributed by atoms with Crippen LogP contribution in [0, 0.1) is 0 Å². The molecule has 4 nitrogen and oxygen atoms in total. The molecule has 0 saturated carbocycles. The fourth-order valence-electron chi connectivity index (χ4n) is 1.03. The molecule has 1 heterocycles. The Kier molecular flexibility index (Phi) is 2.40. The number of benzene rings is 1. The topological polar surface area (TPSA) is 33.7 Å². The Morgan fingerprint density at radius 3 is 2.77 bits per heavy atom. The molecule has 1 aromatic carbocycles. The van der Waals surface area contributed by atoms with Crippen molar-refractivity contribution in [2.24, 2.45) is 0 Å². The quantitative estimate of drug-likeness (QED) is 0.683. The molecule has 2 rings (SSSR count). The zero-order chi connectivity index (χ0) is 9.10. The van der Waals surface area contributed by atoms with Crippen LogP contribution in [-0.4, -0.2) is 11.9 Å². The number of para-hydroxylation sites is 1. The summed E-state index contributed by atoms with van der Waals surface area (Å²) >= 11 is 4.97. The third-order valence-electron chi connectivity index (χ3n) is 1.58. The van der Waals surface area contributed by atoms with Crippen molar-refractivity contribution < 1.29 is 9.68 Å². The maximum atomic E-state index is 5.18. The number of nitrogens with zero attached hydrogens (tertiary/aromatic N) is 1. The molecule has 0 aromatic heterocycles. The van der Waals surface area contributed by atoms with Crippen LogP contribution in [0.1, 0.15) is 0 Å². The molecule has 0 aliphatic carbocycles. The van der Waals surface area contributed by atoms with Gasteiger partial charge in [-0.25, -0.2) is 15.2 Å². The second-order valence-corrected chi connectivity index (χ2v) is 2.82. The summed E-state index contributed by atoms with van der Waals surface area (Å²) in [5.74, 6) is 0. The molecule has 0 unspecified atom stereocenters. The summed E-state index contributed by atoms with van der Waals surface area (Å²) in [6.45, 7) is 0.148. The molecule has 1 N–H and O–H groups in total. The largest absolute Gasteiger partial charge is 0.243 e. The maximum Gasteiger partial charge on any atom is 0.222 e. The van der Waals surface area contributed by atoms with Crippen LogP contribution in [0.15, 0.2) is 30.3 Å².